The number of carbonyl (C=O) groups excluding carboxylic acids is 1. The molecule has 1 aromatic rings. The van der Waals surface area contributed by atoms with Crippen LogP contribution in [0.4, 0.5) is 8.78 Å². The largest absolute Gasteiger partial charge is 0.352 e. The molecule has 116 valence electrons. The Labute approximate surface area is 132 Å². The van der Waals surface area contributed by atoms with Crippen LogP contribution in [0.25, 0.3) is 0 Å². The molecule has 1 aliphatic rings. The minimum absolute atomic E-state index is 0.284. The molecule has 0 atom stereocenters. The van der Waals surface area contributed by atoms with Gasteiger partial charge < -0.3 is 5.32 Å². The second kappa shape index (κ2) is 7.34. The molecule has 0 heterocycles. The van der Waals surface area contributed by atoms with Crippen LogP contribution in [0.2, 0.25) is 0 Å². The van der Waals surface area contributed by atoms with Crippen LogP contribution in [0.15, 0.2) is 16.6 Å². The van der Waals surface area contributed by atoms with E-state index in [0.717, 1.165) is 30.9 Å². The van der Waals surface area contributed by atoms with Crippen LogP contribution in [0, 0.1) is 23.5 Å². The summed E-state index contributed by atoms with van der Waals surface area (Å²) < 4.78 is 27.7. The molecule has 1 aromatic carbocycles. The number of halogens is 3. The quantitative estimate of drug-likeness (QED) is 0.831. The van der Waals surface area contributed by atoms with Gasteiger partial charge in [0.05, 0.1) is 0 Å². The molecule has 0 aromatic heterocycles. The molecule has 0 aliphatic heterocycles. The van der Waals surface area contributed by atoms with E-state index in [1.807, 2.05) is 0 Å². The molecule has 0 saturated heterocycles. The van der Waals surface area contributed by atoms with Crippen molar-refractivity contribution in [3.63, 3.8) is 0 Å². The summed E-state index contributed by atoms with van der Waals surface area (Å²) in [5.74, 6) is -1.14. The van der Waals surface area contributed by atoms with Crippen LogP contribution in [0.3, 0.4) is 0 Å². The van der Waals surface area contributed by atoms with Crippen LogP contribution >= 0.6 is 15.9 Å². The van der Waals surface area contributed by atoms with Gasteiger partial charge in [0.2, 0.25) is 0 Å². The van der Waals surface area contributed by atoms with E-state index in [-0.39, 0.29) is 4.47 Å². The fourth-order valence-corrected chi connectivity index (χ4v) is 3.33. The van der Waals surface area contributed by atoms with Crippen molar-refractivity contribution in [1.82, 2.24) is 5.32 Å². The van der Waals surface area contributed by atoms with Crippen molar-refractivity contribution in [2.45, 2.75) is 39.0 Å². The molecule has 0 bridgehead atoms. The summed E-state index contributed by atoms with van der Waals surface area (Å²) in [5, 5.41) is 2.67. The Hall–Kier alpha value is -0.970. The standard InChI is InChI=1S/C16H20BrF2NO/c1-2-10-3-5-11(6-4-10)9-20-16(21)15-13(18)7-12(17)8-14(15)19/h7-8,10-11H,2-6,9H2,1H3,(H,20,21). The van der Waals surface area contributed by atoms with E-state index >= 15 is 0 Å². The highest BCUT2D eigenvalue weighted by molar-refractivity contribution is 9.10. The zero-order valence-electron chi connectivity index (χ0n) is 12.1. The van der Waals surface area contributed by atoms with Gasteiger partial charge in [0.1, 0.15) is 17.2 Å². The van der Waals surface area contributed by atoms with E-state index in [9.17, 15) is 13.6 Å². The van der Waals surface area contributed by atoms with E-state index in [2.05, 4.69) is 28.2 Å². The van der Waals surface area contributed by atoms with Crippen molar-refractivity contribution in [3.05, 3.63) is 33.8 Å². The van der Waals surface area contributed by atoms with E-state index in [0.29, 0.717) is 12.5 Å². The van der Waals surface area contributed by atoms with E-state index in [1.54, 1.807) is 0 Å². The predicted octanol–water partition coefficient (Wildman–Crippen LogP) is 4.67. The van der Waals surface area contributed by atoms with Gasteiger partial charge in [-0.15, -0.1) is 0 Å². The van der Waals surface area contributed by atoms with Gasteiger partial charge in [-0.1, -0.05) is 42.1 Å². The van der Waals surface area contributed by atoms with Crippen LogP contribution < -0.4 is 5.32 Å². The van der Waals surface area contributed by atoms with Crippen molar-refractivity contribution in [1.29, 1.82) is 0 Å². The SMILES string of the molecule is CCC1CCC(CNC(=O)c2c(F)cc(Br)cc2F)CC1. The first-order chi connectivity index (χ1) is 10.0. The van der Waals surface area contributed by atoms with Crippen LogP contribution in [-0.2, 0) is 0 Å². The van der Waals surface area contributed by atoms with Gasteiger partial charge in [-0.25, -0.2) is 8.78 Å². The van der Waals surface area contributed by atoms with Gasteiger partial charge in [-0.3, -0.25) is 4.79 Å². The number of nitrogens with one attached hydrogen (secondary N) is 1. The molecule has 5 heteroatoms. The molecule has 0 spiro atoms. The van der Waals surface area contributed by atoms with Gasteiger partial charge in [-0.2, -0.15) is 0 Å². The van der Waals surface area contributed by atoms with Gasteiger partial charge in [-0.05, 0) is 36.8 Å². The monoisotopic (exact) mass is 359 g/mol. The highest BCUT2D eigenvalue weighted by atomic mass is 79.9. The van der Waals surface area contributed by atoms with Gasteiger partial charge in [0, 0.05) is 11.0 Å². The van der Waals surface area contributed by atoms with Crippen molar-refractivity contribution in [3.8, 4) is 0 Å². The molecule has 1 fully saturated rings. The molecule has 1 N–H and O–H groups in total. The molecule has 21 heavy (non-hydrogen) atoms. The minimum Gasteiger partial charge on any atom is -0.352 e. The smallest absolute Gasteiger partial charge is 0.257 e. The van der Waals surface area contributed by atoms with Crippen LogP contribution in [0.5, 0.6) is 0 Å². The highest BCUT2D eigenvalue weighted by Crippen LogP contribution is 2.30. The molecular weight excluding hydrogens is 340 g/mol. The Bertz CT molecular complexity index is 490. The maximum Gasteiger partial charge on any atom is 0.257 e. The molecule has 0 unspecified atom stereocenters. The lowest BCUT2D eigenvalue weighted by atomic mass is 9.81. The molecule has 1 aliphatic carbocycles. The van der Waals surface area contributed by atoms with Gasteiger partial charge in [0.15, 0.2) is 0 Å². The first-order valence-corrected chi connectivity index (χ1v) is 8.23. The average molecular weight is 360 g/mol. The number of benzene rings is 1. The Kier molecular flexibility index (Phi) is 5.73. The topological polar surface area (TPSA) is 29.1 Å². The Balaban J connectivity index is 1.91. The highest BCUT2D eigenvalue weighted by Gasteiger charge is 2.22. The fraction of sp³-hybridized carbons (Fsp3) is 0.562. The normalized spacial score (nSPS) is 22.1. The van der Waals surface area contributed by atoms with Crippen LogP contribution in [-0.4, -0.2) is 12.5 Å². The second-order valence-electron chi connectivity index (χ2n) is 5.75. The maximum absolute atomic E-state index is 13.7. The summed E-state index contributed by atoms with van der Waals surface area (Å²) in [6, 6.07) is 2.20. The zero-order valence-corrected chi connectivity index (χ0v) is 13.7. The van der Waals surface area contributed by atoms with Crippen molar-refractivity contribution in [2.75, 3.05) is 6.54 Å². The van der Waals surface area contributed by atoms with E-state index in [1.165, 1.54) is 19.3 Å². The van der Waals surface area contributed by atoms with Crippen molar-refractivity contribution in [2.24, 2.45) is 11.8 Å². The lowest BCUT2D eigenvalue weighted by Crippen LogP contribution is -2.32. The van der Waals surface area contributed by atoms with Gasteiger partial charge >= 0.3 is 0 Å². The molecule has 0 radical (unpaired) electrons. The van der Waals surface area contributed by atoms with Crippen LogP contribution in [0.1, 0.15) is 49.4 Å². The van der Waals surface area contributed by atoms with E-state index in [4.69, 9.17) is 0 Å². The summed E-state index contributed by atoms with van der Waals surface area (Å²) in [7, 11) is 0. The summed E-state index contributed by atoms with van der Waals surface area (Å²) in [4.78, 5) is 12.0. The van der Waals surface area contributed by atoms with Crippen molar-refractivity contribution < 1.29 is 13.6 Å². The molecule has 2 rings (SSSR count). The Morgan fingerprint density at radius 1 is 1.19 bits per heavy atom. The first-order valence-electron chi connectivity index (χ1n) is 7.44. The Morgan fingerprint density at radius 2 is 1.71 bits per heavy atom. The number of hydrogen-bond donors (Lipinski definition) is 1. The van der Waals surface area contributed by atoms with Crippen molar-refractivity contribution >= 4 is 21.8 Å². The number of carbonyl (C=O) groups is 1. The summed E-state index contributed by atoms with van der Waals surface area (Å²) in [6.45, 7) is 2.69. The zero-order chi connectivity index (χ0) is 15.4. The predicted molar refractivity (Wildman–Crippen MR) is 82.1 cm³/mol. The third-order valence-corrected chi connectivity index (χ3v) is 4.79. The fourth-order valence-electron chi connectivity index (χ4n) is 2.93. The summed E-state index contributed by atoms with van der Waals surface area (Å²) in [5.41, 5.74) is -0.500. The lowest BCUT2D eigenvalue weighted by molar-refractivity contribution is 0.0932. The number of hydrogen-bond acceptors (Lipinski definition) is 1. The minimum atomic E-state index is -0.839. The second-order valence-corrected chi connectivity index (χ2v) is 6.67. The summed E-state index contributed by atoms with van der Waals surface area (Å²) in [6.07, 6.45) is 5.71. The first kappa shape index (κ1) is 16.4. The number of amides is 1. The molecule has 2 nitrogen and oxygen atoms in total. The number of rotatable bonds is 4. The summed E-state index contributed by atoms with van der Waals surface area (Å²) >= 11 is 3.00. The molecule has 1 amide bonds. The average Bonchev–Trinajstić information content (AvgIpc) is 2.44. The lowest BCUT2D eigenvalue weighted by Gasteiger charge is -2.27. The van der Waals surface area contributed by atoms with Gasteiger partial charge in [0.25, 0.3) is 5.91 Å². The Morgan fingerprint density at radius 3 is 2.24 bits per heavy atom. The molecule has 1 saturated carbocycles. The third kappa shape index (κ3) is 4.25. The maximum atomic E-state index is 13.7. The third-order valence-electron chi connectivity index (χ3n) is 4.33. The molecular formula is C16H20BrF2NO. The van der Waals surface area contributed by atoms with E-state index < -0.39 is 23.1 Å².